The van der Waals surface area contributed by atoms with Crippen LogP contribution in [0.4, 0.5) is 5.69 Å². The van der Waals surface area contributed by atoms with E-state index in [4.69, 9.17) is 20.1 Å². The fourth-order valence-corrected chi connectivity index (χ4v) is 1.97. The van der Waals surface area contributed by atoms with Crippen LogP contribution in [0.25, 0.3) is 0 Å². The molecule has 0 saturated carbocycles. The summed E-state index contributed by atoms with van der Waals surface area (Å²) in [5.74, 6) is -1.56. The van der Waals surface area contributed by atoms with Gasteiger partial charge in [-0.1, -0.05) is 6.07 Å². The summed E-state index contributed by atoms with van der Waals surface area (Å²) in [5.41, 5.74) is -1.54. The van der Waals surface area contributed by atoms with Crippen molar-refractivity contribution in [1.82, 2.24) is 0 Å². The van der Waals surface area contributed by atoms with Gasteiger partial charge in [-0.3, -0.25) is 4.57 Å². The van der Waals surface area contributed by atoms with Crippen LogP contribution >= 0.6 is 7.60 Å². The molecule has 0 aliphatic heterocycles. The van der Waals surface area contributed by atoms with Gasteiger partial charge in [0.1, 0.15) is 10.9 Å². The molecule has 0 saturated heterocycles. The highest BCUT2D eigenvalue weighted by Crippen LogP contribution is 2.36. The van der Waals surface area contributed by atoms with Gasteiger partial charge in [0, 0.05) is 0 Å². The third-order valence-electron chi connectivity index (χ3n) is 1.80. The number of carbonyl (C=O) groups is 1. The Kier molecular flexibility index (Phi) is 3.44. The molecular weight excluding hydrogens is 241 g/mol. The zero-order valence-corrected chi connectivity index (χ0v) is 8.59. The Labute approximate surface area is 89.1 Å². The lowest BCUT2D eigenvalue weighted by atomic mass is 10.2. The monoisotopic (exact) mass is 249 g/mol. The van der Waals surface area contributed by atoms with Gasteiger partial charge in [0.2, 0.25) is 0 Å². The molecule has 0 aromatic heterocycles. The number of quaternary nitrogens is 1. The molecular formula is C7H8NO7P. The molecule has 1 unspecified atom stereocenters. The maximum atomic E-state index is 11.0. The largest absolute Gasteiger partial charge is 0.595 e. The first-order valence-corrected chi connectivity index (χ1v) is 5.52. The van der Waals surface area contributed by atoms with Gasteiger partial charge in [0.15, 0.2) is 5.69 Å². The Balaban J connectivity index is 3.58. The van der Waals surface area contributed by atoms with Crippen LogP contribution in [-0.4, -0.2) is 26.1 Å². The fourth-order valence-electron chi connectivity index (χ4n) is 1.19. The van der Waals surface area contributed by atoms with E-state index in [2.05, 4.69) is 0 Å². The van der Waals surface area contributed by atoms with Crippen molar-refractivity contribution >= 4 is 24.6 Å². The number of hydrogen-bond acceptors (Lipinski definition) is 4. The van der Waals surface area contributed by atoms with Gasteiger partial charge >= 0.3 is 13.6 Å². The Hall–Kier alpha value is -1.28. The van der Waals surface area contributed by atoms with E-state index < -0.39 is 35.3 Å². The second-order valence-corrected chi connectivity index (χ2v) is 4.42. The zero-order valence-electron chi connectivity index (χ0n) is 7.69. The first-order valence-electron chi connectivity index (χ1n) is 3.91. The van der Waals surface area contributed by atoms with Gasteiger partial charge in [-0.15, -0.1) is 0 Å². The van der Waals surface area contributed by atoms with Crippen molar-refractivity contribution in [2.75, 3.05) is 0 Å². The topological polar surface area (TPSA) is 143 Å². The molecule has 0 aliphatic carbocycles. The molecule has 0 radical (unpaired) electrons. The predicted octanol–water partition coefficient (Wildman–Crippen LogP) is -1.41. The summed E-state index contributed by atoms with van der Waals surface area (Å²) in [4.78, 5) is 28.4. The molecule has 0 aliphatic rings. The predicted molar refractivity (Wildman–Crippen MR) is 50.9 cm³/mol. The highest BCUT2D eigenvalue weighted by atomic mass is 31.2. The molecule has 5 N–H and O–H groups in total. The molecule has 1 aromatic rings. The number of para-hydroxylation sites is 1. The summed E-state index contributed by atoms with van der Waals surface area (Å²) in [6.07, 6.45) is 0. The first-order chi connectivity index (χ1) is 7.25. The van der Waals surface area contributed by atoms with Crippen molar-refractivity contribution in [3.63, 3.8) is 0 Å². The number of benzene rings is 1. The van der Waals surface area contributed by atoms with Crippen LogP contribution in [0.3, 0.4) is 0 Å². The molecule has 1 rings (SSSR count). The van der Waals surface area contributed by atoms with Crippen LogP contribution in [0, 0.1) is 5.21 Å². The third kappa shape index (κ3) is 2.45. The Morgan fingerprint density at radius 3 is 2.31 bits per heavy atom. The molecule has 8 nitrogen and oxygen atoms in total. The molecule has 1 atom stereocenters. The molecule has 0 bridgehead atoms. The minimum absolute atomic E-state index is 0.659. The maximum Gasteiger partial charge on any atom is 0.362 e. The Morgan fingerprint density at radius 2 is 1.94 bits per heavy atom. The molecule has 0 heterocycles. The number of hydrogen-bond donors (Lipinski definition) is 5. The second-order valence-electron chi connectivity index (χ2n) is 2.85. The smallest absolute Gasteiger partial charge is 0.362 e. The van der Waals surface area contributed by atoms with E-state index in [1.807, 2.05) is 0 Å². The van der Waals surface area contributed by atoms with Crippen LogP contribution in [0.15, 0.2) is 18.2 Å². The van der Waals surface area contributed by atoms with E-state index in [9.17, 15) is 14.6 Å². The summed E-state index contributed by atoms with van der Waals surface area (Å²) < 4.78 is 11.0. The SMILES string of the molecule is O=C(O)c1cccc(P(=O)(O)O)c1[NH+]([O-])O. The van der Waals surface area contributed by atoms with E-state index in [1.165, 1.54) is 0 Å². The number of rotatable bonds is 3. The summed E-state index contributed by atoms with van der Waals surface area (Å²) >= 11 is 0. The van der Waals surface area contributed by atoms with Gasteiger partial charge in [0.05, 0.1) is 0 Å². The standard InChI is InChI=1S/C7H8NO7P/c9-7(10)4-2-1-3-5(16(13,14)15)6(4)8(11)12/h1-3,8,11H,(H,9,10)(H2,13,14,15). The summed E-state index contributed by atoms with van der Waals surface area (Å²) in [6, 6.07) is 2.92. The van der Waals surface area contributed by atoms with E-state index >= 15 is 0 Å². The average molecular weight is 249 g/mol. The van der Waals surface area contributed by atoms with Crippen LogP contribution in [0.5, 0.6) is 0 Å². The highest BCUT2D eigenvalue weighted by Gasteiger charge is 2.30. The van der Waals surface area contributed by atoms with Gasteiger partial charge in [0.25, 0.3) is 0 Å². The number of nitrogens with one attached hydrogen (secondary N) is 1. The van der Waals surface area contributed by atoms with E-state index in [0.717, 1.165) is 18.2 Å². The van der Waals surface area contributed by atoms with E-state index in [1.54, 1.807) is 0 Å². The lowest BCUT2D eigenvalue weighted by Gasteiger charge is -2.17. The van der Waals surface area contributed by atoms with Gasteiger partial charge in [-0.05, 0) is 12.1 Å². The average Bonchev–Trinajstić information content (AvgIpc) is 2.14. The minimum atomic E-state index is -4.82. The Bertz CT molecular complexity index is 466. The van der Waals surface area contributed by atoms with Gasteiger partial charge < -0.3 is 20.1 Å². The number of carboxylic acids is 1. The number of aromatic carboxylic acids is 1. The number of carboxylic acid groups (broad SMARTS) is 1. The quantitative estimate of drug-likeness (QED) is 0.327. The maximum absolute atomic E-state index is 11.0. The molecule has 16 heavy (non-hydrogen) atoms. The lowest BCUT2D eigenvalue weighted by molar-refractivity contribution is -0.990. The first kappa shape index (κ1) is 12.8. The Morgan fingerprint density at radius 1 is 1.38 bits per heavy atom. The summed E-state index contributed by atoms with van der Waals surface area (Å²) in [6.45, 7) is 0. The van der Waals surface area contributed by atoms with Crippen molar-refractivity contribution in [3.05, 3.63) is 29.0 Å². The van der Waals surface area contributed by atoms with Gasteiger partial charge in [-0.25, -0.2) is 10.0 Å². The van der Waals surface area contributed by atoms with Crippen molar-refractivity contribution in [1.29, 1.82) is 0 Å². The molecule has 88 valence electrons. The molecule has 0 spiro atoms. The van der Waals surface area contributed by atoms with Crippen molar-refractivity contribution in [2.24, 2.45) is 0 Å². The van der Waals surface area contributed by atoms with E-state index in [-0.39, 0.29) is 0 Å². The normalized spacial score (nSPS) is 13.5. The van der Waals surface area contributed by atoms with E-state index in [0.29, 0.717) is 0 Å². The van der Waals surface area contributed by atoms with Crippen LogP contribution < -0.4 is 10.5 Å². The summed E-state index contributed by atoms with van der Waals surface area (Å²) in [5, 5.41) is 25.7. The molecule has 1 aromatic carbocycles. The van der Waals surface area contributed by atoms with Crippen molar-refractivity contribution < 1.29 is 34.7 Å². The highest BCUT2D eigenvalue weighted by molar-refractivity contribution is 7.60. The molecule has 0 fully saturated rings. The zero-order chi connectivity index (χ0) is 12.5. The summed E-state index contributed by atoms with van der Waals surface area (Å²) in [7, 11) is -4.82. The lowest BCUT2D eigenvalue weighted by Crippen LogP contribution is -3.00. The minimum Gasteiger partial charge on any atom is -0.595 e. The van der Waals surface area contributed by atoms with Crippen LogP contribution in [0.1, 0.15) is 10.4 Å². The van der Waals surface area contributed by atoms with Crippen molar-refractivity contribution in [3.8, 4) is 0 Å². The third-order valence-corrected chi connectivity index (χ3v) is 2.80. The fraction of sp³-hybridized carbons (Fsp3) is 0. The van der Waals surface area contributed by atoms with Gasteiger partial charge in [-0.2, -0.15) is 5.23 Å². The van der Waals surface area contributed by atoms with Crippen LogP contribution in [-0.2, 0) is 4.57 Å². The molecule has 0 amide bonds. The van der Waals surface area contributed by atoms with Crippen molar-refractivity contribution in [2.45, 2.75) is 0 Å². The molecule has 9 heteroatoms. The van der Waals surface area contributed by atoms with Crippen LogP contribution in [0.2, 0.25) is 0 Å². The second kappa shape index (κ2) is 4.30.